The Hall–Kier alpha value is -1.31. The van der Waals surface area contributed by atoms with Gasteiger partial charge in [-0.05, 0) is 66.6 Å². The fourth-order valence-electron chi connectivity index (χ4n) is 2.51. The smallest absolute Gasteiger partial charge is 0.0412 e. The van der Waals surface area contributed by atoms with E-state index in [0.717, 1.165) is 24.4 Å². The van der Waals surface area contributed by atoms with Crippen molar-refractivity contribution in [3.05, 3.63) is 58.6 Å². The summed E-state index contributed by atoms with van der Waals surface area (Å²) in [6.45, 7) is 5.13. The van der Waals surface area contributed by atoms with E-state index in [2.05, 4.69) is 44.2 Å². The summed E-state index contributed by atoms with van der Waals surface area (Å²) in [4.78, 5) is 0. The van der Waals surface area contributed by atoms with E-state index in [4.69, 9.17) is 17.3 Å². The lowest BCUT2D eigenvalue weighted by Crippen LogP contribution is -2.07. The molecule has 2 N–H and O–H groups in total. The topological polar surface area (TPSA) is 26.0 Å². The Kier molecular flexibility index (Phi) is 5.22. The number of rotatable bonds is 5. The maximum atomic E-state index is 6.09. The van der Waals surface area contributed by atoms with Crippen LogP contribution in [0.2, 0.25) is 5.02 Å². The monoisotopic (exact) mass is 287 g/mol. The molecule has 1 atom stereocenters. The molecular weight excluding hydrogens is 266 g/mol. The average Bonchev–Trinajstić information content (AvgIpc) is 2.43. The van der Waals surface area contributed by atoms with Crippen LogP contribution in [0.25, 0.3) is 11.1 Å². The Labute approximate surface area is 126 Å². The molecule has 0 spiro atoms. The first-order valence-corrected chi connectivity index (χ1v) is 7.53. The number of halogens is 1. The number of nitrogens with two attached hydrogens (primary N) is 1. The van der Waals surface area contributed by atoms with Crippen LogP contribution in [0.1, 0.15) is 24.5 Å². The molecule has 1 unspecified atom stereocenters. The standard InChI is InChI=1S/C18H22ClN/c1-13(9-10-20)11-15-4-6-16(7-5-15)18-12-17(19)8-3-14(18)2/h3-8,12-13H,9-11,20H2,1-2H3. The van der Waals surface area contributed by atoms with Crippen LogP contribution in [-0.4, -0.2) is 6.54 Å². The van der Waals surface area contributed by atoms with Gasteiger partial charge in [0, 0.05) is 5.02 Å². The molecule has 0 aromatic heterocycles. The highest BCUT2D eigenvalue weighted by Gasteiger charge is 2.05. The van der Waals surface area contributed by atoms with Crippen molar-refractivity contribution in [1.82, 2.24) is 0 Å². The SMILES string of the molecule is Cc1ccc(Cl)cc1-c1ccc(CC(C)CCN)cc1. The molecule has 0 saturated heterocycles. The first-order chi connectivity index (χ1) is 9.60. The highest BCUT2D eigenvalue weighted by Crippen LogP contribution is 2.27. The van der Waals surface area contributed by atoms with E-state index in [0.29, 0.717) is 5.92 Å². The van der Waals surface area contributed by atoms with Gasteiger partial charge in [-0.25, -0.2) is 0 Å². The van der Waals surface area contributed by atoms with E-state index < -0.39 is 0 Å². The molecule has 2 aromatic carbocycles. The lowest BCUT2D eigenvalue weighted by molar-refractivity contribution is 0.538. The minimum atomic E-state index is 0.638. The summed E-state index contributed by atoms with van der Waals surface area (Å²) in [5, 5.41) is 0.784. The average molecular weight is 288 g/mol. The normalized spacial score (nSPS) is 12.4. The molecule has 0 radical (unpaired) electrons. The van der Waals surface area contributed by atoms with Gasteiger partial charge in [0.05, 0.1) is 0 Å². The van der Waals surface area contributed by atoms with Crippen LogP contribution < -0.4 is 5.73 Å². The molecule has 0 fully saturated rings. The fourth-order valence-corrected chi connectivity index (χ4v) is 2.69. The van der Waals surface area contributed by atoms with Crippen molar-refractivity contribution in [2.24, 2.45) is 11.7 Å². The molecule has 0 aliphatic rings. The molecule has 2 aromatic rings. The van der Waals surface area contributed by atoms with Gasteiger partial charge in [-0.3, -0.25) is 0 Å². The van der Waals surface area contributed by atoms with Gasteiger partial charge in [0.15, 0.2) is 0 Å². The van der Waals surface area contributed by atoms with Crippen molar-refractivity contribution in [3.63, 3.8) is 0 Å². The Morgan fingerprint density at radius 2 is 1.80 bits per heavy atom. The van der Waals surface area contributed by atoms with E-state index in [1.54, 1.807) is 0 Å². The molecule has 2 rings (SSSR count). The van der Waals surface area contributed by atoms with Gasteiger partial charge in [-0.2, -0.15) is 0 Å². The van der Waals surface area contributed by atoms with Gasteiger partial charge >= 0.3 is 0 Å². The zero-order valence-electron chi connectivity index (χ0n) is 12.2. The Morgan fingerprint density at radius 3 is 2.45 bits per heavy atom. The van der Waals surface area contributed by atoms with Gasteiger partial charge in [-0.1, -0.05) is 48.9 Å². The van der Waals surface area contributed by atoms with Crippen LogP contribution in [0.4, 0.5) is 0 Å². The summed E-state index contributed by atoms with van der Waals surface area (Å²) in [6.07, 6.45) is 2.17. The van der Waals surface area contributed by atoms with Crippen molar-refractivity contribution < 1.29 is 0 Å². The van der Waals surface area contributed by atoms with Crippen molar-refractivity contribution in [2.45, 2.75) is 26.7 Å². The molecule has 1 nitrogen and oxygen atoms in total. The summed E-state index contributed by atoms with van der Waals surface area (Å²) in [7, 11) is 0. The van der Waals surface area contributed by atoms with Crippen LogP contribution in [-0.2, 0) is 6.42 Å². The molecule has 0 bridgehead atoms. The summed E-state index contributed by atoms with van der Waals surface area (Å²) in [6, 6.07) is 14.8. The number of hydrogen-bond donors (Lipinski definition) is 1. The fraction of sp³-hybridized carbons (Fsp3) is 0.333. The van der Waals surface area contributed by atoms with Gasteiger partial charge in [0.25, 0.3) is 0 Å². The third kappa shape index (κ3) is 3.84. The zero-order valence-corrected chi connectivity index (χ0v) is 13.0. The summed E-state index contributed by atoms with van der Waals surface area (Å²) in [5.41, 5.74) is 10.6. The van der Waals surface area contributed by atoms with E-state index in [1.807, 2.05) is 12.1 Å². The second kappa shape index (κ2) is 6.92. The summed E-state index contributed by atoms with van der Waals surface area (Å²) >= 11 is 6.09. The van der Waals surface area contributed by atoms with Crippen molar-refractivity contribution in [1.29, 1.82) is 0 Å². The molecule has 0 amide bonds. The first-order valence-electron chi connectivity index (χ1n) is 7.15. The zero-order chi connectivity index (χ0) is 14.5. The lowest BCUT2D eigenvalue weighted by atomic mass is 9.95. The van der Waals surface area contributed by atoms with Crippen molar-refractivity contribution in [3.8, 4) is 11.1 Å². The van der Waals surface area contributed by atoms with Crippen LogP contribution >= 0.6 is 11.6 Å². The number of aryl methyl sites for hydroxylation is 1. The maximum Gasteiger partial charge on any atom is 0.0412 e. The van der Waals surface area contributed by atoms with Gasteiger partial charge in [0.1, 0.15) is 0 Å². The molecule has 0 heterocycles. The Balaban J connectivity index is 2.17. The predicted molar refractivity (Wildman–Crippen MR) is 88.2 cm³/mol. The second-order valence-electron chi connectivity index (χ2n) is 5.54. The third-order valence-corrected chi connectivity index (χ3v) is 3.94. The van der Waals surface area contributed by atoms with Crippen LogP contribution in [0.15, 0.2) is 42.5 Å². The van der Waals surface area contributed by atoms with Gasteiger partial charge in [-0.15, -0.1) is 0 Å². The highest BCUT2D eigenvalue weighted by molar-refractivity contribution is 6.30. The van der Waals surface area contributed by atoms with Gasteiger partial charge in [0.2, 0.25) is 0 Å². The molecule has 0 aliphatic heterocycles. The molecule has 106 valence electrons. The minimum Gasteiger partial charge on any atom is -0.330 e. The van der Waals surface area contributed by atoms with Crippen LogP contribution in [0, 0.1) is 12.8 Å². The van der Waals surface area contributed by atoms with E-state index in [-0.39, 0.29) is 0 Å². The first kappa shape index (κ1) is 15.1. The highest BCUT2D eigenvalue weighted by atomic mass is 35.5. The van der Waals surface area contributed by atoms with Crippen LogP contribution in [0.5, 0.6) is 0 Å². The third-order valence-electron chi connectivity index (χ3n) is 3.71. The van der Waals surface area contributed by atoms with Crippen molar-refractivity contribution >= 4 is 11.6 Å². The second-order valence-corrected chi connectivity index (χ2v) is 5.98. The van der Waals surface area contributed by atoms with E-state index in [9.17, 15) is 0 Å². The predicted octanol–water partition coefficient (Wildman–Crippen LogP) is 4.84. The van der Waals surface area contributed by atoms with E-state index >= 15 is 0 Å². The molecule has 0 saturated carbocycles. The van der Waals surface area contributed by atoms with E-state index in [1.165, 1.54) is 22.3 Å². The molecular formula is C18H22ClN. The molecule has 0 aliphatic carbocycles. The summed E-state index contributed by atoms with van der Waals surface area (Å²) < 4.78 is 0. The molecule has 2 heteroatoms. The Morgan fingerprint density at radius 1 is 1.10 bits per heavy atom. The summed E-state index contributed by atoms with van der Waals surface area (Å²) in [5.74, 6) is 0.638. The van der Waals surface area contributed by atoms with Crippen LogP contribution in [0.3, 0.4) is 0 Å². The maximum absolute atomic E-state index is 6.09. The Bertz CT molecular complexity index is 560. The number of benzene rings is 2. The quantitative estimate of drug-likeness (QED) is 0.836. The van der Waals surface area contributed by atoms with Crippen molar-refractivity contribution in [2.75, 3.05) is 6.54 Å². The molecule has 20 heavy (non-hydrogen) atoms. The van der Waals surface area contributed by atoms with Gasteiger partial charge < -0.3 is 5.73 Å². The minimum absolute atomic E-state index is 0.638. The number of hydrogen-bond acceptors (Lipinski definition) is 1. The largest absolute Gasteiger partial charge is 0.330 e. The lowest BCUT2D eigenvalue weighted by Gasteiger charge is -2.11.